The molecule has 3 aromatic carbocycles. The Kier molecular flexibility index (Phi) is 10.4. The first kappa shape index (κ1) is 33.5. The number of halogens is 2. The summed E-state index contributed by atoms with van der Waals surface area (Å²) in [6.45, 7) is 7.29. The van der Waals surface area contributed by atoms with Crippen molar-refractivity contribution in [2.24, 2.45) is 0 Å². The van der Waals surface area contributed by atoms with Gasteiger partial charge in [0, 0.05) is 55.3 Å². The molecule has 1 saturated heterocycles. The van der Waals surface area contributed by atoms with Gasteiger partial charge < -0.3 is 28.6 Å². The number of hydrogen-bond donors (Lipinski definition) is 1. The first-order chi connectivity index (χ1) is 23.2. The van der Waals surface area contributed by atoms with Crippen molar-refractivity contribution in [2.75, 3.05) is 53.5 Å². The molecule has 0 bridgehead atoms. The van der Waals surface area contributed by atoms with Crippen molar-refractivity contribution in [1.29, 1.82) is 0 Å². The molecule has 6 rings (SSSR count). The van der Waals surface area contributed by atoms with Gasteiger partial charge >= 0.3 is 5.97 Å². The summed E-state index contributed by atoms with van der Waals surface area (Å²) in [5.74, 6) is 0.478. The SMILES string of the molecule is COc1ccccc1CC(Oc1nncc2oc(-c3ccc(Cl)cc3)c(-c3ccc(OCCN4CCN(C)CC4)c(Cl)c3C)c12)C(=O)O. The highest BCUT2D eigenvalue weighted by atomic mass is 35.5. The van der Waals surface area contributed by atoms with Crippen LogP contribution in [0.15, 0.2) is 71.3 Å². The maximum Gasteiger partial charge on any atom is 0.345 e. The molecule has 1 N–H and O–H groups in total. The van der Waals surface area contributed by atoms with E-state index in [2.05, 4.69) is 27.0 Å². The van der Waals surface area contributed by atoms with E-state index in [1.165, 1.54) is 13.3 Å². The molecule has 10 nitrogen and oxygen atoms in total. The number of para-hydroxylation sites is 1. The van der Waals surface area contributed by atoms with Crippen LogP contribution >= 0.6 is 23.2 Å². The standard InChI is InChI=1S/C36H36Cl2N4O6/c1-22-26(12-13-28(33(22)38)46-19-18-42-16-14-41(2)15-17-42)31-32-30(47-34(31)23-8-10-25(37)11-9-23)21-39-40-35(32)48-29(36(43)44)20-24-6-4-5-7-27(24)45-3/h4-13,21,29H,14-20H2,1-3H3,(H,43,44). The van der Waals surface area contributed by atoms with Gasteiger partial charge in [-0.2, -0.15) is 5.10 Å². The summed E-state index contributed by atoms with van der Waals surface area (Å²) in [5, 5.41) is 20.1. The molecular weight excluding hydrogens is 655 g/mol. The van der Waals surface area contributed by atoms with E-state index >= 15 is 0 Å². The fourth-order valence-electron chi connectivity index (χ4n) is 5.86. The third kappa shape index (κ3) is 7.22. The van der Waals surface area contributed by atoms with Crippen molar-refractivity contribution in [3.8, 4) is 39.8 Å². The molecule has 12 heteroatoms. The number of hydrogen-bond acceptors (Lipinski definition) is 9. The zero-order valence-electron chi connectivity index (χ0n) is 26.9. The summed E-state index contributed by atoms with van der Waals surface area (Å²) < 4.78 is 24.2. The van der Waals surface area contributed by atoms with Gasteiger partial charge in [-0.3, -0.25) is 4.90 Å². The molecule has 2 aromatic heterocycles. The largest absolute Gasteiger partial charge is 0.496 e. The number of ether oxygens (including phenoxy) is 3. The number of carboxylic acids is 1. The monoisotopic (exact) mass is 690 g/mol. The van der Waals surface area contributed by atoms with Crippen LogP contribution in [-0.4, -0.2) is 90.7 Å². The van der Waals surface area contributed by atoms with Crippen LogP contribution in [0.2, 0.25) is 10.0 Å². The second kappa shape index (κ2) is 14.8. The Hall–Kier alpha value is -4.35. The fourth-order valence-corrected chi connectivity index (χ4v) is 6.21. The highest BCUT2D eigenvalue weighted by molar-refractivity contribution is 6.33. The third-order valence-corrected chi connectivity index (χ3v) is 9.31. The van der Waals surface area contributed by atoms with Crippen molar-refractivity contribution in [2.45, 2.75) is 19.4 Å². The predicted octanol–water partition coefficient (Wildman–Crippen LogP) is 6.88. The van der Waals surface area contributed by atoms with Crippen LogP contribution in [0.25, 0.3) is 33.4 Å². The molecule has 0 aliphatic carbocycles. The van der Waals surface area contributed by atoms with Gasteiger partial charge in [0.2, 0.25) is 12.0 Å². The van der Waals surface area contributed by atoms with Crippen LogP contribution < -0.4 is 14.2 Å². The van der Waals surface area contributed by atoms with Gasteiger partial charge in [0.05, 0.1) is 23.7 Å². The van der Waals surface area contributed by atoms with Crippen molar-refractivity contribution < 1.29 is 28.5 Å². The lowest BCUT2D eigenvalue weighted by molar-refractivity contribution is -0.145. The second-order valence-corrected chi connectivity index (χ2v) is 12.5. The van der Waals surface area contributed by atoms with E-state index in [0.717, 1.165) is 49.4 Å². The van der Waals surface area contributed by atoms with Gasteiger partial charge in [-0.15, -0.1) is 5.10 Å². The Morgan fingerprint density at radius 2 is 1.77 bits per heavy atom. The summed E-state index contributed by atoms with van der Waals surface area (Å²) in [7, 11) is 3.67. The Balaban J connectivity index is 1.39. The molecule has 1 atom stereocenters. The van der Waals surface area contributed by atoms with Crippen molar-refractivity contribution >= 4 is 40.1 Å². The molecule has 5 aromatic rings. The Labute approximate surface area is 288 Å². The molecule has 3 heterocycles. The number of nitrogens with zero attached hydrogens (tertiary/aromatic N) is 4. The predicted molar refractivity (Wildman–Crippen MR) is 186 cm³/mol. The number of carboxylic acid groups (broad SMARTS) is 1. The number of likely N-dealkylation sites (N-methyl/N-ethyl adjacent to an activating group) is 1. The van der Waals surface area contributed by atoms with Gasteiger partial charge in [0.25, 0.3) is 0 Å². The normalized spacial score (nSPS) is 14.6. The van der Waals surface area contributed by atoms with Gasteiger partial charge in [-0.1, -0.05) is 47.5 Å². The van der Waals surface area contributed by atoms with E-state index in [0.29, 0.717) is 56.0 Å². The van der Waals surface area contributed by atoms with Gasteiger partial charge in [-0.25, -0.2) is 4.79 Å². The maximum absolute atomic E-state index is 12.5. The second-order valence-electron chi connectivity index (χ2n) is 11.7. The topological polar surface area (TPSA) is 110 Å². The van der Waals surface area contributed by atoms with Crippen LogP contribution in [0.1, 0.15) is 11.1 Å². The third-order valence-electron chi connectivity index (χ3n) is 8.59. The van der Waals surface area contributed by atoms with Crippen molar-refractivity contribution in [1.82, 2.24) is 20.0 Å². The molecule has 1 aliphatic heterocycles. The highest BCUT2D eigenvalue weighted by Crippen LogP contribution is 2.47. The number of fused-ring (bicyclic) bond motifs is 1. The zero-order chi connectivity index (χ0) is 33.8. The zero-order valence-corrected chi connectivity index (χ0v) is 28.4. The lowest BCUT2D eigenvalue weighted by atomic mass is 9.95. The minimum Gasteiger partial charge on any atom is -0.496 e. The first-order valence-electron chi connectivity index (χ1n) is 15.6. The van der Waals surface area contributed by atoms with Gasteiger partial charge in [0.1, 0.15) is 23.9 Å². The molecule has 0 radical (unpaired) electrons. The number of methoxy groups -OCH3 is 1. The van der Waals surface area contributed by atoms with E-state index < -0.39 is 12.1 Å². The lowest BCUT2D eigenvalue weighted by Crippen LogP contribution is -2.45. The molecule has 250 valence electrons. The summed E-state index contributed by atoms with van der Waals surface area (Å²) >= 11 is 13.2. The van der Waals surface area contributed by atoms with Crippen LogP contribution in [0.3, 0.4) is 0 Å². The number of benzene rings is 3. The minimum absolute atomic E-state index is 0.0109. The number of aromatic nitrogens is 2. The van der Waals surface area contributed by atoms with Crippen LogP contribution in [0.5, 0.6) is 17.4 Å². The number of rotatable bonds is 12. The molecule has 1 unspecified atom stereocenters. The molecule has 1 fully saturated rings. The van der Waals surface area contributed by atoms with Gasteiger partial charge in [-0.05, 0) is 67.1 Å². The van der Waals surface area contributed by atoms with E-state index in [-0.39, 0.29) is 12.3 Å². The van der Waals surface area contributed by atoms with Crippen LogP contribution in [-0.2, 0) is 11.2 Å². The highest BCUT2D eigenvalue weighted by Gasteiger charge is 2.29. The number of aliphatic carboxylic acids is 1. The molecule has 0 amide bonds. The summed E-state index contributed by atoms with van der Waals surface area (Å²) in [5.41, 5.74) is 3.89. The summed E-state index contributed by atoms with van der Waals surface area (Å²) in [6.07, 6.45) is 0.205. The van der Waals surface area contributed by atoms with E-state index in [4.69, 9.17) is 41.8 Å². The molecule has 0 saturated carbocycles. The average molecular weight is 692 g/mol. The lowest BCUT2D eigenvalue weighted by Gasteiger charge is -2.32. The van der Waals surface area contributed by atoms with Gasteiger partial charge in [0.15, 0.2) is 5.58 Å². The Morgan fingerprint density at radius 1 is 1.02 bits per heavy atom. The fraction of sp³-hybridized carbons (Fsp3) is 0.306. The van der Waals surface area contributed by atoms with E-state index in [1.54, 1.807) is 24.3 Å². The molecule has 1 aliphatic rings. The number of furan rings is 1. The first-order valence-corrected chi connectivity index (χ1v) is 16.4. The number of carbonyl (C=O) groups is 1. The molecule has 48 heavy (non-hydrogen) atoms. The quantitative estimate of drug-likeness (QED) is 0.149. The maximum atomic E-state index is 12.5. The minimum atomic E-state index is -1.30. The van der Waals surface area contributed by atoms with Crippen molar-refractivity contribution in [3.05, 3.63) is 88.0 Å². The number of piperazine rings is 1. The molecular formula is C36H36Cl2N4O6. The summed E-state index contributed by atoms with van der Waals surface area (Å²) in [4.78, 5) is 17.2. The molecule has 0 spiro atoms. The Morgan fingerprint density at radius 3 is 2.50 bits per heavy atom. The van der Waals surface area contributed by atoms with Crippen LogP contribution in [0.4, 0.5) is 0 Å². The average Bonchev–Trinajstić information content (AvgIpc) is 3.48. The van der Waals surface area contributed by atoms with Crippen LogP contribution in [0, 0.1) is 6.92 Å². The van der Waals surface area contributed by atoms with E-state index in [9.17, 15) is 9.90 Å². The van der Waals surface area contributed by atoms with E-state index in [1.807, 2.05) is 43.3 Å². The van der Waals surface area contributed by atoms with Crippen molar-refractivity contribution in [3.63, 3.8) is 0 Å². The smallest absolute Gasteiger partial charge is 0.345 e. The Bertz CT molecular complexity index is 1910. The summed E-state index contributed by atoms with van der Waals surface area (Å²) in [6, 6.07) is 18.2.